The minimum atomic E-state index is -0.372. The number of nitrogens with one attached hydrogen (secondary N) is 1. The van der Waals surface area contributed by atoms with Crippen molar-refractivity contribution < 1.29 is 4.79 Å². The summed E-state index contributed by atoms with van der Waals surface area (Å²) >= 11 is 1.65. The lowest BCUT2D eigenvalue weighted by Crippen LogP contribution is -2.35. The third-order valence-corrected chi connectivity index (χ3v) is 4.73. The Labute approximate surface area is 133 Å². The monoisotopic (exact) mass is 320 g/mol. The Kier molecular flexibility index (Phi) is 5.07. The molecule has 0 spiro atoms. The molecule has 118 valence electrons. The SMILES string of the molecule is CCc1cnc(CCNC(=O)c2c(C)c(C)nn(C)c2=O)s1. The highest BCUT2D eigenvalue weighted by Crippen LogP contribution is 2.13. The number of hydrogen-bond acceptors (Lipinski definition) is 5. The summed E-state index contributed by atoms with van der Waals surface area (Å²) in [6.45, 7) is 6.07. The Bertz CT molecular complexity index is 748. The zero-order valence-corrected chi connectivity index (χ0v) is 14.1. The normalized spacial score (nSPS) is 10.7. The first kappa shape index (κ1) is 16.4. The molecule has 0 saturated heterocycles. The Morgan fingerprint density at radius 1 is 1.41 bits per heavy atom. The fourth-order valence-electron chi connectivity index (χ4n) is 2.11. The Balaban J connectivity index is 2.05. The van der Waals surface area contributed by atoms with Crippen LogP contribution in [0.5, 0.6) is 0 Å². The molecule has 2 heterocycles. The number of rotatable bonds is 5. The van der Waals surface area contributed by atoms with Crippen molar-refractivity contribution in [3.8, 4) is 0 Å². The Hall–Kier alpha value is -2.02. The Morgan fingerprint density at radius 2 is 2.14 bits per heavy atom. The predicted octanol–water partition coefficient (Wildman–Crippen LogP) is 1.39. The van der Waals surface area contributed by atoms with Gasteiger partial charge in [-0.2, -0.15) is 5.10 Å². The standard InChI is InChI=1S/C15H20N4O2S/c1-5-11-8-17-12(22-11)6-7-16-14(20)13-9(2)10(3)18-19(4)15(13)21/h8H,5-7H2,1-4H3,(H,16,20). The van der Waals surface area contributed by atoms with Gasteiger partial charge in [-0.25, -0.2) is 9.67 Å². The summed E-state index contributed by atoms with van der Waals surface area (Å²) in [6.07, 6.45) is 3.50. The maximum atomic E-state index is 12.3. The van der Waals surface area contributed by atoms with E-state index in [9.17, 15) is 9.59 Å². The molecule has 0 aliphatic carbocycles. The average molecular weight is 320 g/mol. The summed E-state index contributed by atoms with van der Waals surface area (Å²) in [5, 5.41) is 7.86. The number of thiazole rings is 1. The van der Waals surface area contributed by atoms with Gasteiger partial charge < -0.3 is 5.32 Å². The molecule has 0 aliphatic rings. The third-order valence-electron chi connectivity index (χ3n) is 3.53. The van der Waals surface area contributed by atoms with Crippen LogP contribution in [0.4, 0.5) is 0 Å². The van der Waals surface area contributed by atoms with Gasteiger partial charge in [-0.15, -0.1) is 11.3 Å². The van der Waals surface area contributed by atoms with Crippen molar-refractivity contribution in [1.29, 1.82) is 0 Å². The summed E-state index contributed by atoms with van der Waals surface area (Å²) in [4.78, 5) is 29.9. The van der Waals surface area contributed by atoms with Gasteiger partial charge in [0.1, 0.15) is 5.56 Å². The van der Waals surface area contributed by atoms with E-state index in [-0.39, 0.29) is 17.0 Å². The van der Waals surface area contributed by atoms with Crippen LogP contribution in [0.3, 0.4) is 0 Å². The van der Waals surface area contributed by atoms with Crippen molar-refractivity contribution >= 4 is 17.2 Å². The van der Waals surface area contributed by atoms with Crippen LogP contribution < -0.4 is 10.9 Å². The molecule has 0 atom stereocenters. The summed E-state index contributed by atoms with van der Waals surface area (Å²) in [5.74, 6) is -0.351. The second-order valence-electron chi connectivity index (χ2n) is 5.09. The second kappa shape index (κ2) is 6.83. The zero-order chi connectivity index (χ0) is 16.3. The van der Waals surface area contributed by atoms with Crippen molar-refractivity contribution in [2.45, 2.75) is 33.6 Å². The van der Waals surface area contributed by atoms with Crippen LogP contribution in [-0.2, 0) is 19.9 Å². The van der Waals surface area contributed by atoms with Gasteiger partial charge in [0.15, 0.2) is 0 Å². The number of carbonyl (C=O) groups excluding carboxylic acids is 1. The van der Waals surface area contributed by atoms with E-state index in [2.05, 4.69) is 22.3 Å². The fourth-order valence-corrected chi connectivity index (χ4v) is 2.98. The van der Waals surface area contributed by atoms with Gasteiger partial charge in [0.25, 0.3) is 11.5 Å². The summed E-state index contributed by atoms with van der Waals surface area (Å²) in [6, 6.07) is 0. The average Bonchev–Trinajstić information content (AvgIpc) is 2.93. The molecule has 0 aromatic carbocycles. The van der Waals surface area contributed by atoms with Crippen molar-refractivity contribution in [3.63, 3.8) is 0 Å². The summed E-state index contributed by atoms with van der Waals surface area (Å²) in [5.41, 5.74) is 1.11. The molecule has 1 amide bonds. The molecular weight excluding hydrogens is 300 g/mol. The smallest absolute Gasteiger partial charge is 0.279 e. The number of nitrogens with zero attached hydrogens (tertiary/aromatic N) is 3. The summed E-state index contributed by atoms with van der Waals surface area (Å²) < 4.78 is 1.20. The van der Waals surface area contributed by atoms with Gasteiger partial charge in [0, 0.05) is 31.1 Å². The topological polar surface area (TPSA) is 76.9 Å². The first-order chi connectivity index (χ1) is 10.4. The van der Waals surface area contributed by atoms with E-state index in [0.29, 0.717) is 24.2 Å². The van der Waals surface area contributed by atoms with Crippen LogP contribution in [0.1, 0.15) is 38.4 Å². The minimum Gasteiger partial charge on any atom is -0.351 e. The molecule has 2 aromatic heterocycles. The zero-order valence-electron chi connectivity index (χ0n) is 13.3. The van der Waals surface area contributed by atoms with Gasteiger partial charge in [0.2, 0.25) is 0 Å². The Morgan fingerprint density at radius 3 is 2.77 bits per heavy atom. The number of amides is 1. The third kappa shape index (κ3) is 3.41. The molecule has 6 nitrogen and oxygen atoms in total. The van der Waals surface area contributed by atoms with Gasteiger partial charge in [-0.1, -0.05) is 6.92 Å². The molecule has 22 heavy (non-hydrogen) atoms. The highest BCUT2D eigenvalue weighted by atomic mass is 32.1. The van der Waals surface area contributed by atoms with Crippen LogP contribution in [0.15, 0.2) is 11.0 Å². The van der Waals surface area contributed by atoms with E-state index in [1.807, 2.05) is 6.20 Å². The molecule has 2 aromatic rings. The molecule has 0 unspecified atom stereocenters. The maximum absolute atomic E-state index is 12.3. The van der Waals surface area contributed by atoms with E-state index >= 15 is 0 Å². The number of hydrogen-bond donors (Lipinski definition) is 1. The first-order valence-electron chi connectivity index (χ1n) is 7.20. The molecule has 0 saturated carbocycles. The molecular formula is C15H20N4O2S. The highest BCUT2D eigenvalue weighted by molar-refractivity contribution is 7.11. The van der Waals surface area contributed by atoms with E-state index in [1.165, 1.54) is 9.56 Å². The van der Waals surface area contributed by atoms with E-state index in [0.717, 1.165) is 11.4 Å². The molecule has 0 fully saturated rings. The molecule has 2 rings (SSSR count). The lowest BCUT2D eigenvalue weighted by atomic mass is 10.1. The minimum absolute atomic E-state index is 0.170. The van der Waals surface area contributed by atoms with Gasteiger partial charge in [0.05, 0.1) is 10.7 Å². The van der Waals surface area contributed by atoms with E-state index in [1.54, 1.807) is 32.2 Å². The van der Waals surface area contributed by atoms with Gasteiger partial charge >= 0.3 is 0 Å². The van der Waals surface area contributed by atoms with Crippen LogP contribution in [0.25, 0.3) is 0 Å². The lowest BCUT2D eigenvalue weighted by molar-refractivity contribution is 0.0951. The first-order valence-corrected chi connectivity index (χ1v) is 8.02. The fraction of sp³-hybridized carbons (Fsp3) is 0.467. The molecule has 7 heteroatoms. The predicted molar refractivity (Wildman–Crippen MR) is 86.5 cm³/mol. The van der Waals surface area contributed by atoms with E-state index < -0.39 is 0 Å². The molecule has 0 bridgehead atoms. The molecule has 0 radical (unpaired) electrons. The lowest BCUT2D eigenvalue weighted by Gasteiger charge is -2.09. The number of aryl methyl sites for hydroxylation is 3. The van der Waals surface area contributed by atoms with E-state index in [4.69, 9.17) is 0 Å². The van der Waals surface area contributed by atoms with Crippen LogP contribution in [0, 0.1) is 13.8 Å². The maximum Gasteiger partial charge on any atom is 0.279 e. The quantitative estimate of drug-likeness (QED) is 0.903. The summed E-state index contributed by atoms with van der Waals surface area (Å²) in [7, 11) is 1.55. The van der Waals surface area contributed by atoms with Crippen molar-refractivity contribution in [2.24, 2.45) is 7.05 Å². The van der Waals surface area contributed by atoms with Crippen LogP contribution in [0.2, 0.25) is 0 Å². The largest absolute Gasteiger partial charge is 0.351 e. The van der Waals surface area contributed by atoms with Crippen LogP contribution in [-0.4, -0.2) is 27.2 Å². The molecule has 0 aliphatic heterocycles. The number of aromatic nitrogens is 3. The van der Waals surface area contributed by atoms with Crippen molar-refractivity contribution in [3.05, 3.63) is 43.3 Å². The number of carbonyl (C=O) groups is 1. The molecule has 1 N–H and O–H groups in total. The van der Waals surface area contributed by atoms with Gasteiger partial charge in [-0.05, 0) is 25.8 Å². The van der Waals surface area contributed by atoms with Crippen LogP contribution >= 0.6 is 11.3 Å². The van der Waals surface area contributed by atoms with Gasteiger partial charge in [-0.3, -0.25) is 9.59 Å². The highest BCUT2D eigenvalue weighted by Gasteiger charge is 2.17. The van der Waals surface area contributed by atoms with Crippen molar-refractivity contribution in [2.75, 3.05) is 6.54 Å². The second-order valence-corrected chi connectivity index (χ2v) is 6.29. The van der Waals surface area contributed by atoms with Crippen molar-refractivity contribution in [1.82, 2.24) is 20.1 Å².